The van der Waals surface area contributed by atoms with Gasteiger partial charge in [0.2, 0.25) is 0 Å². The van der Waals surface area contributed by atoms with Crippen LogP contribution in [0.3, 0.4) is 0 Å². The van der Waals surface area contributed by atoms with Crippen LogP contribution in [0.25, 0.3) is 0 Å². The van der Waals surface area contributed by atoms with E-state index in [1.807, 2.05) is 0 Å². The summed E-state index contributed by atoms with van der Waals surface area (Å²) in [5.41, 5.74) is 6.12. The largest absolute Gasteiger partial charge is 0.351 e. The fourth-order valence-electron chi connectivity index (χ4n) is 1.29. The maximum atomic E-state index is 11.5. The molecule has 0 aliphatic rings. The number of aryl methyl sites for hydroxylation is 1. The van der Waals surface area contributed by atoms with Crippen molar-refractivity contribution in [1.29, 1.82) is 0 Å². The van der Waals surface area contributed by atoms with Crippen molar-refractivity contribution in [3.8, 4) is 0 Å². The van der Waals surface area contributed by atoms with Crippen LogP contribution in [0.1, 0.15) is 15.9 Å². The summed E-state index contributed by atoms with van der Waals surface area (Å²) in [6.07, 6.45) is 0. The maximum absolute atomic E-state index is 11.5. The number of halogens is 1. The number of carbonyl (C=O) groups excluding carboxylic acids is 1. The lowest BCUT2D eigenvalue weighted by Crippen LogP contribution is -2.29. The molecule has 0 spiro atoms. The first-order chi connectivity index (χ1) is 7.56. The van der Waals surface area contributed by atoms with Gasteiger partial charge in [-0.1, -0.05) is 0 Å². The first-order valence-electron chi connectivity index (χ1n) is 4.79. The third kappa shape index (κ3) is 4.01. The lowest BCUT2D eigenvalue weighted by atomic mass is 10.1. The second-order valence-corrected chi connectivity index (χ2v) is 3.30. The molecule has 1 aromatic rings. The van der Waals surface area contributed by atoms with Crippen LogP contribution in [0.2, 0.25) is 0 Å². The lowest BCUT2D eigenvalue weighted by Gasteiger charge is -2.04. The standard InChI is InChI=1S/C10H13N3O3.ClH/c1-7-6-8(10(14)12-5-4-11)2-3-9(7)13(15)16;/h2-3,6H,4-5,11H2,1H3,(H,12,14);1H. The minimum absolute atomic E-state index is 0. The van der Waals surface area contributed by atoms with Gasteiger partial charge in [-0.15, -0.1) is 12.4 Å². The number of hydrogen-bond acceptors (Lipinski definition) is 4. The van der Waals surface area contributed by atoms with Crippen molar-refractivity contribution in [3.05, 3.63) is 39.4 Å². The molecule has 6 nitrogen and oxygen atoms in total. The van der Waals surface area contributed by atoms with E-state index in [4.69, 9.17) is 5.73 Å². The molecule has 0 bridgehead atoms. The Bertz CT molecular complexity index is 423. The van der Waals surface area contributed by atoms with Gasteiger partial charge in [0, 0.05) is 30.3 Å². The Kier molecular flexibility index (Phi) is 6.16. The minimum Gasteiger partial charge on any atom is -0.351 e. The van der Waals surface area contributed by atoms with Crippen LogP contribution >= 0.6 is 12.4 Å². The second-order valence-electron chi connectivity index (χ2n) is 3.30. The molecule has 0 heterocycles. The summed E-state index contributed by atoms with van der Waals surface area (Å²) in [4.78, 5) is 21.6. The zero-order valence-corrected chi connectivity index (χ0v) is 10.1. The number of carbonyl (C=O) groups is 1. The highest BCUT2D eigenvalue weighted by atomic mass is 35.5. The molecule has 1 amide bonds. The van der Waals surface area contributed by atoms with Crippen LogP contribution in [-0.4, -0.2) is 23.9 Å². The van der Waals surface area contributed by atoms with Crippen molar-refractivity contribution in [2.45, 2.75) is 6.92 Å². The highest BCUT2D eigenvalue weighted by Gasteiger charge is 2.13. The molecule has 0 atom stereocenters. The minimum atomic E-state index is -0.475. The van der Waals surface area contributed by atoms with Crippen molar-refractivity contribution in [2.75, 3.05) is 13.1 Å². The summed E-state index contributed by atoms with van der Waals surface area (Å²) >= 11 is 0. The fourth-order valence-corrected chi connectivity index (χ4v) is 1.29. The molecule has 17 heavy (non-hydrogen) atoms. The average Bonchev–Trinajstić information content (AvgIpc) is 2.25. The second kappa shape index (κ2) is 6.82. The first-order valence-corrected chi connectivity index (χ1v) is 4.79. The summed E-state index contributed by atoms with van der Waals surface area (Å²) in [6.45, 7) is 2.34. The Morgan fingerprint density at radius 3 is 2.65 bits per heavy atom. The van der Waals surface area contributed by atoms with E-state index >= 15 is 0 Å². The van der Waals surface area contributed by atoms with Crippen LogP contribution in [-0.2, 0) is 0 Å². The van der Waals surface area contributed by atoms with Crippen LogP contribution in [0.4, 0.5) is 5.69 Å². The molecular weight excluding hydrogens is 246 g/mol. The molecule has 0 aliphatic heterocycles. The van der Waals surface area contributed by atoms with Gasteiger partial charge < -0.3 is 11.1 Å². The number of hydrogen-bond donors (Lipinski definition) is 2. The predicted octanol–water partition coefficient (Wildman–Crippen LogP) is 1.01. The highest BCUT2D eigenvalue weighted by molar-refractivity contribution is 5.94. The van der Waals surface area contributed by atoms with Gasteiger partial charge in [0.15, 0.2) is 0 Å². The summed E-state index contributed by atoms with van der Waals surface area (Å²) < 4.78 is 0. The van der Waals surface area contributed by atoms with Gasteiger partial charge in [0.25, 0.3) is 11.6 Å². The summed E-state index contributed by atoms with van der Waals surface area (Å²) in [5, 5.41) is 13.2. The molecule has 7 heteroatoms. The Morgan fingerprint density at radius 1 is 1.53 bits per heavy atom. The van der Waals surface area contributed by atoms with E-state index in [1.165, 1.54) is 18.2 Å². The van der Waals surface area contributed by atoms with Crippen LogP contribution < -0.4 is 11.1 Å². The molecule has 94 valence electrons. The Labute approximate surface area is 105 Å². The van der Waals surface area contributed by atoms with Crippen molar-refractivity contribution in [1.82, 2.24) is 5.32 Å². The molecule has 0 aromatic heterocycles. The van der Waals surface area contributed by atoms with Gasteiger partial charge in [0.1, 0.15) is 0 Å². The normalized spacial score (nSPS) is 9.29. The van der Waals surface area contributed by atoms with E-state index in [1.54, 1.807) is 6.92 Å². The van der Waals surface area contributed by atoms with Crippen molar-refractivity contribution in [3.63, 3.8) is 0 Å². The number of rotatable bonds is 4. The SMILES string of the molecule is Cc1cc(C(=O)NCCN)ccc1[N+](=O)[O-].Cl. The van der Waals surface area contributed by atoms with E-state index < -0.39 is 4.92 Å². The van der Waals surface area contributed by atoms with Gasteiger partial charge in [-0.2, -0.15) is 0 Å². The zero-order valence-electron chi connectivity index (χ0n) is 9.30. The van der Waals surface area contributed by atoms with Gasteiger partial charge in [-0.3, -0.25) is 14.9 Å². The van der Waals surface area contributed by atoms with Gasteiger partial charge >= 0.3 is 0 Å². The highest BCUT2D eigenvalue weighted by Crippen LogP contribution is 2.18. The van der Waals surface area contributed by atoms with Crippen LogP contribution in [0, 0.1) is 17.0 Å². The molecule has 0 unspecified atom stereocenters. The van der Waals surface area contributed by atoms with E-state index in [9.17, 15) is 14.9 Å². The van der Waals surface area contributed by atoms with E-state index in [-0.39, 0.29) is 24.0 Å². The summed E-state index contributed by atoms with van der Waals surface area (Å²) in [5.74, 6) is -0.275. The molecular formula is C10H14ClN3O3. The van der Waals surface area contributed by atoms with Crippen molar-refractivity contribution >= 4 is 24.0 Å². The molecule has 0 fully saturated rings. The summed E-state index contributed by atoms with van der Waals surface area (Å²) in [7, 11) is 0. The number of nitro groups is 1. The maximum Gasteiger partial charge on any atom is 0.272 e. The van der Waals surface area contributed by atoms with Crippen molar-refractivity contribution < 1.29 is 9.72 Å². The lowest BCUT2D eigenvalue weighted by molar-refractivity contribution is -0.385. The first kappa shape index (κ1) is 15.3. The Morgan fingerprint density at radius 2 is 2.18 bits per heavy atom. The van der Waals surface area contributed by atoms with E-state index in [2.05, 4.69) is 5.32 Å². The van der Waals surface area contributed by atoms with E-state index in [0.717, 1.165) is 0 Å². The summed E-state index contributed by atoms with van der Waals surface area (Å²) in [6, 6.07) is 4.24. The number of nitrogens with zero attached hydrogens (tertiary/aromatic N) is 1. The third-order valence-electron chi connectivity index (χ3n) is 2.09. The molecule has 0 saturated heterocycles. The Balaban J connectivity index is 0.00000256. The molecule has 1 aromatic carbocycles. The molecule has 0 aliphatic carbocycles. The number of amides is 1. The Hall–Kier alpha value is -1.66. The van der Waals surface area contributed by atoms with Gasteiger partial charge in [-0.05, 0) is 19.1 Å². The zero-order chi connectivity index (χ0) is 12.1. The van der Waals surface area contributed by atoms with Gasteiger partial charge in [-0.25, -0.2) is 0 Å². The number of nitrogens with one attached hydrogen (secondary N) is 1. The van der Waals surface area contributed by atoms with E-state index in [0.29, 0.717) is 24.2 Å². The predicted molar refractivity (Wildman–Crippen MR) is 66.5 cm³/mol. The van der Waals surface area contributed by atoms with Crippen molar-refractivity contribution in [2.24, 2.45) is 5.73 Å². The molecule has 1 rings (SSSR count). The molecule has 3 N–H and O–H groups in total. The fraction of sp³-hybridized carbons (Fsp3) is 0.300. The van der Waals surface area contributed by atoms with Crippen LogP contribution in [0.15, 0.2) is 18.2 Å². The topological polar surface area (TPSA) is 98.3 Å². The molecule has 0 radical (unpaired) electrons. The number of benzene rings is 1. The average molecular weight is 260 g/mol. The van der Waals surface area contributed by atoms with Gasteiger partial charge in [0.05, 0.1) is 4.92 Å². The smallest absolute Gasteiger partial charge is 0.272 e. The molecule has 0 saturated carbocycles. The third-order valence-corrected chi connectivity index (χ3v) is 2.09. The quantitative estimate of drug-likeness (QED) is 0.623. The number of nitrogens with two attached hydrogens (primary N) is 1. The van der Waals surface area contributed by atoms with Crippen LogP contribution in [0.5, 0.6) is 0 Å². The monoisotopic (exact) mass is 259 g/mol. The number of nitro benzene ring substituents is 1.